The third-order valence-electron chi connectivity index (χ3n) is 5.11. The molecule has 1 aliphatic heterocycles. The van der Waals surface area contributed by atoms with Crippen molar-refractivity contribution >= 4 is 17.5 Å². The van der Waals surface area contributed by atoms with E-state index >= 15 is 0 Å². The van der Waals surface area contributed by atoms with Crippen LogP contribution in [0.5, 0.6) is 0 Å². The Morgan fingerprint density at radius 1 is 1.03 bits per heavy atom. The van der Waals surface area contributed by atoms with E-state index in [1.165, 1.54) is 23.3 Å². The predicted molar refractivity (Wildman–Crippen MR) is 106 cm³/mol. The van der Waals surface area contributed by atoms with Crippen LogP contribution in [0.2, 0.25) is 0 Å². The van der Waals surface area contributed by atoms with Crippen molar-refractivity contribution in [1.29, 1.82) is 0 Å². The van der Waals surface area contributed by atoms with Crippen LogP contribution in [0.1, 0.15) is 16.3 Å². The topological polar surface area (TPSA) is 92.7 Å². The Kier molecular flexibility index (Phi) is 4.76. The number of rotatable bonds is 3. The van der Waals surface area contributed by atoms with Gasteiger partial charge in [-0.15, -0.1) is 5.10 Å². The fraction of sp³-hybridized carbons (Fsp3) is 0.250. The Labute approximate surface area is 179 Å². The van der Waals surface area contributed by atoms with Gasteiger partial charge in [-0.05, 0) is 30.3 Å². The zero-order chi connectivity index (χ0) is 22.3. The quantitative estimate of drug-likeness (QED) is 0.481. The number of alkyl halides is 3. The van der Waals surface area contributed by atoms with Crippen molar-refractivity contribution in [2.75, 3.05) is 31.1 Å². The zero-order valence-electron chi connectivity index (χ0n) is 16.5. The molecule has 0 radical (unpaired) electrons. The van der Waals surface area contributed by atoms with Gasteiger partial charge in [0.15, 0.2) is 11.5 Å². The molecule has 5 heterocycles. The van der Waals surface area contributed by atoms with Gasteiger partial charge in [-0.3, -0.25) is 4.79 Å². The molecule has 12 heteroatoms. The zero-order valence-corrected chi connectivity index (χ0v) is 16.5. The van der Waals surface area contributed by atoms with Crippen LogP contribution in [0.25, 0.3) is 17.2 Å². The van der Waals surface area contributed by atoms with Gasteiger partial charge in [-0.1, -0.05) is 6.07 Å². The number of aromatic nitrogens is 5. The first-order valence-electron chi connectivity index (χ1n) is 9.74. The van der Waals surface area contributed by atoms with Crippen molar-refractivity contribution in [2.45, 2.75) is 6.18 Å². The van der Waals surface area contributed by atoms with Crippen LogP contribution >= 0.6 is 0 Å². The summed E-state index contributed by atoms with van der Waals surface area (Å²) >= 11 is 0. The van der Waals surface area contributed by atoms with E-state index in [1.807, 2.05) is 23.1 Å². The standard InChI is InChI=1S/C20H16F3N7O2/c21-20(22,23)15-12-13(14-4-3-11-32-14)25-19-26-17(27-30(15)19)18(31)29-9-7-28(8-10-29)16-5-1-2-6-24-16/h1-6,11-12H,7-10H2. The van der Waals surface area contributed by atoms with Crippen LogP contribution in [0, 0.1) is 0 Å². The molecule has 32 heavy (non-hydrogen) atoms. The second-order valence-electron chi connectivity index (χ2n) is 7.12. The van der Waals surface area contributed by atoms with E-state index in [1.54, 1.807) is 6.20 Å². The minimum absolute atomic E-state index is 0.0507. The molecule has 0 aromatic carbocycles. The number of fused-ring (bicyclic) bond motifs is 1. The van der Waals surface area contributed by atoms with Crippen LogP contribution in [-0.4, -0.2) is 61.6 Å². The number of hydrogen-bond donors (Lipinski definition) is 0. The second-order valence-corrected chi connectivity index (χ2v) is 7.12. The van der Waals surface area contributed by atoms with Crippen LogP contribution in [0.3, 0.4) is 0 Å². The van der Waals surface area contributed by atoms with E-state index in [0.717, 1.165) is 11.9 Å². The Morgan fingerprint density at radius 2 is 1.84 bits per heavy atom. The summed E-state index contributed by atoms with van der Waals surface area (Å²) in [5, 5.41) is 3.83. The predicted octanol–water partition coefficient (Wildman–Crippen LogP) is 2.76. The van der Waals surface area contributed by atoms with Gasteiger partial charge in [0, 0.05) is 32.4 Å². The first kappa shape index (κ1) is 20.0. The van der Waals surface area contributed by atoms with Gasteiger partial charge >= 0.3 is 6.18 Å². The van der Waals surface area contributed by atoms with Crippen molar-refractivity contribution in [2.24, 2.45) is 0 Å². The first-order chi connectivity index (χ1) is 15.4. The number of nitrogens with zero attached hydrogens (tertiary/aromatic N) is 7. The fourth-order valence-electron chi connectivity index (χ4n) is 3.53. The maximum atomic E-state index is 13.7. The van der Waals surface area contributed by atoms with Crippen molar-refractivity contribution in [1.82, 2.24) is 29.5 Å². The Bertz CT molecular complexity index is 1250. The van der Waals surface area contributed by atoms with Crippen molar-refractivity contribution < 1.29 is 22.4 Å². The lowest BCUT2D eigenvalue weighted by atomic mass is 10.2. The van der Waals surface area contributed by atoms with E-state index in [-0.39, 0.29) is 23.1 Å². The van der Waals surface area contributed by atoms with Crippen molar-refractivity contribution in [3.8, 4) is 11.5 Å². The fourth-order valence-corrected chi connectivity index (χ4v) is 3.53. The summed E-state index contributed by atoms with van der Waals surface area (Å²) < 4.78 is 46.7. The van der Waals surface area contributed by atoms with Crippen LogP contribution in [0.15, 0.2) is 53.3 Å². The molecule has 5 rings (SSSR count). The number of furan rings is 1. The summed E-state index contributed by atoms with van der Waals surface area (Å²) in [6.07, 6.45) is -1.71. The molecule has 1 fully saturated rings. The first-order valence-corrected chi connectivity index (χ1v) is 9.74. The maximum Gasteiger partial charge on any atom is 0.433 e. The van der Waals surface area contributed by atoms with Gasteiger partial charge in [0.1, 0.15) is 11.5 Å². The van der Waals surface area contributed by atoms with E-state index < -0.39 is 17.8 Å². The highest BCUT2D eigenvalue weighted by atomic mass is 19.4. The number of carbonyl (C=O) groups is 1. The SMILES string of the molecule is O=C(c1nc2nc(-c3ccco3)cc(C(F)(F)F)n2n1)N1CCN(c2ccccn2)CC1. The lowest BCUT2D eigenvalue weighted by molar-refractivity contribution is -0.142. The Morgan fingerprint density at radius 3 is 2.50 bits per heavy atom. The molecular formula is C20H16F3N7O2. The highest BCUT2D eigenvalue weighted by Crippen LogP contribution is 2.32. The lowest BCUT2D eigenvalue weighted by Crippen LogP contribution is -2.49. The third kappa shape index (κ3) is 3.63. The molecule has 0 saturated carbocycles. The van der Waals surface area contributed by atoms with Crippen LogP contribution < -0.4 is 4.90 Å². The summed E-state index contributed by atoms with van der Waals surface area (Å²) in [5.74, 6) is -0.272. The summed E-state index contributed by atoms with van der Waals surface area (Å²) in [6.45, 7) is 1.79. The molecule has 9 nitrogen and oxygen atoms in total. The van der Waals surface area contributed by atoms with Crippen molar-refractivity contribution in [3.63, 3.8) is 0 Å². The second kappa shape index (κ2) is 7.62. The molecule has 0 aliphatic carbocycles. The number of piperazine rings is 1. The molecule has 1 aliphatic rings. The maximum absolute atomic E-state index is 13.7. The van der Waals surface area contributed by atoms with E-state index in [9.17, 15) is 18.0 Å². The van der Waals surface area contributed by atoms with E-state index in [0.29, 0.717) is 30.7 Å². The number of halogens is 3. The van der Waals surface area contributed by atoms with E-state index in [4.69, 9.17) is 4.42 Å². The highest BCUT2D eigenvalue weighted by molar-refractivity contribution is 5.91. The average Bonchev–Trinajstić information content (AvgIpc) is 3.48. The summed E-state index contributed by atoms with van der Waals surface area (Å²) in [5.41, 5.74) is -1.15. The molecule has 0 atom stereocenters. The Balaban J connectivity index is 1.43. The number of amides is 1. The van der Waals surface area contributed by atoms with Gasteiger partial charge in [-0.2, -0.15) is 22.7 Å². The van der Waals surface area contributed by atoms with Crippen LogP contribution in [-0.2, 0) is 6.18 Å². The van der Waals surface area contributed by atoms with Gasteiger partial charge in [0.25, 0.3) is 11.7 Å². The molecular weight excluding hydrogens is 427 g/mol. The minimum Gasteiger partial charge on any atom is -0.463 e. The van der Waals surface area contributed by atoms with Crippen molar-refractivity contribution in [3.05, 3.63) is 60.4 Å². The molecule has 1 amide bonds. The molecule has 0 unspecified atom stereocenters. The largest absolute Gasteiger partial charge is 0.463 e. The Hall–Kier alpha value is -3.96. The number of anilines is 1. The van der Waals surface area contributed by atoms with Crippen LogP contribution in [0.4, 0.5) is 19.0 Å². The lowest BCUT2D eigenvalue weighted by Gasteiger charge is -2.34. The average molecular weight is 443 g/mol. The minimum atomic E-state index is -4.73. The van der Waals surface area contributed by atoms with Gasteiger partial charge < -0.3 is 14.2 Å². The third-order valence-corrected chi connectivity index (χ3v) is 5.11. The highest BCUT2D eigenvalue weighted by Gasteiger charge is 2.37. The van der Waals surface area contributed by atoms with Gasteiger partial charge in [-0.25, -0.2) is 9.97 Å². The van der Waals surface area contributed by atoms with Gasteiger partial charge in [0.2, 0.25) is 5.82 Å². The number of pyridine rings is 1. The smallest absolute Gasteiger partial charge is 0.433 e. The number of hydrogen-bond acceptors (Lipinski definition) is 7. The number of carbonyl (C=O) groups excluding carboxylic acids is 1. The molecule has 164 valence electrons. The molecule has 0 N–H and O–H groups in total. The molecule has 4 aromatic heterocycles. The van der Waals surface area contributed by atoms with Gasteiger partial charge in [0.05, 0.1) is 6.26 Å². The summed E-state index contributed by atoms with van der Waals surface area (Å²) in [6, 6.07) is 9.42. The monoisotopic (exact) mass is 443 g/mol. The molecule has 0 spiro atoms. The van der Waals surface area contributed by atoms with E-state index in [2.05, 4.69) is 20.1 Å². The molecule has 1 saturated heterocycles. The summed E-state index contributed by atoms with van der Waals surface area (Å²) in [7, 11) is 0. The summed E-state index contributed by atoms with van der Waals surface area (Å²) in [4.78, 5) is 28.8. The molecule has 4 aromatic rings. The normalized spacial score (nSPS) is 14.8. The molecule has 0 bridgehead atoms.